The van der Waals surface area contributed by atoms with Gasteiger partial charge in [0.05, 0.1) is 25.7 Å². The second kappa shape index (κ2) is 11.2. The molecule has 0 heterocycles. The lowest BCUT2D eigenvalue weighted by atomic mass is 10.7. The normalized spacial score (nSPS) is 7.90. The van der Waals surface area contributed by atoms with Gasteiger partial charge in [0.25, 0.3) is 0 Å². The van der Waals surface area contributed by atoms with E-state index in [0.717, 1.165) is 0 Å². The number of hydrogen-bond donors (Lipinski definition) is 2. The summed E-state index contributed by atoms with van der Waals surface area (Å²) < 4.78 is 0. The van der Waals surface area contributed by atoms with Gasteiger partial charge in [-0.2, -0.15) is 0 Å². The quantitative estimate of drug-likeness (QED) is 0.459. The molecule has 0 aromatic rings. The number of hydrogen-bond acceptors (Lipinski definition) is 3. The van der Waals surface area contributed by atoms with Crippen LogP contribution in [0.2, 0.25) is 0 Å². The Morgan fingerprint density at radius 2 is 1.80 bits per heavy atom. The third-order valence-corrected chi connectivity index (χ3v) is 0.706. The number of quaternary nitrogens is 1. The number of carboxylic acid groups (broad SMARTS) is 1. The first-order chi connectivity index (χ1) is 4.68. The number of carbonyl (C=O) groups excluding carboxylic acids is 1. The van der Waals surface area contributed by atoms with Crippen molar-refractivity contribution < 1.29 is 20.3 Å². The lowest BCUT2D eigenvalue weighted by Crippen LogP contribution is -2.82. The number of aliphatic hydroxyl groups is 1. The molecule has 10 heavy (non-hydrogen) atoms. The van der Waals surface area contributed by atoms with Gasteiger partial charge in [0.2, 0.25) is 0 Å². The Bertz CT molecular complexity index is 73.4. The van der Waals surface area contributed by atoms with Gasteiger partial charge < -0.3 is 20.3 Å². The van der Waals surface area contributed by atoms with Crippen molar-refractivity contribution in [3.05, 3.63) is 0 Å². The molecule has 0 fully saturated rings. The Morgan fingerprint density at radius 3 is 1.80 bits per heavy atom. The third-order valence-electron chi connectivity index (χ3n) is 0.706. The highest BCUT2D eigenvalue weighted by atomic mass is 16.4. The largest absolute Gasteiger partial charge is 0.548 e. The molecule has 0 aromatic carbocycles. The Kier molecular flexibility index (Phi) is 13.6. The average Bonchev–Trinajstić information content (AvgIpc) is 1.91. The third kappa shape index (κ3) is 26.3. The van der Waals surface area contributed by atoms with Crippen LogP contribution in [0.1, 0.15) is 13.8 Å². The summed E-state index contributed by atoms with van der Waals surface area (Å²) in [5.41, 5.74) is 0. The zero-order valence-corrected chi connectivity index (χ0v) is 6.46. The number of aliphatic carboxylic acids is 1. The van der Waals surface area contributed by atoms with Crippen molar-refractivity contribution in [1.29, 1.82) is 0 Å². The summed E-state index contributed by atoms with van der Waals surface area (Å²) in [7, 11) is 0. The van der Waals surface area contributed by atoms with Crippen molar-refractivity contribution >= 4 is 5.97 Å². The highest BCUT2D eigenvalue weighted by Crippen LogP contribution is 1.40. The molecule has 3 N–H and O–H groups in total. The van der Waals surface area contributed by atoms with Crippen molar-refractivity contribution in [1.82, 2.24) is 0 Å². The van der Waals surface area contributed by atoms with E-state index in [1.54, 1.807) is 0 Å². The molecule has 0 aliphatic rings. The van der Waals surface area contributed by atoms with Crippen LogP contribution < -0.4 is 10.4 Å². The van der Waals surface area contributed by atoms with Crippen molar-refractivity contribution in [3.8, 4) is 0 Å². The van der Waals surface area contributed by atoms with Gasteiger partial charge in [-0.05, 0) is 13.8 Å². The van der Waals surface area contributed by atoms with Crippen LogP contribution in [0.4, 0.5) is 0 Å². The maximum absolute atomic E-state index is 9.01. The van der Waals surface area contributed by atoms with Crippen LogP contribution in [-0.4, -0.2) is 30.8 Å². The fourth-order valence-corrected chi connectivity index (χ4v) is 0.289. The molecule has 0 unspecified atom stereocenters. The topological polar surface area (TPSA) is 77.0 Å². The minimum absolute atomic E-state index is 0.889. The first-order valence-electron chi connectivity index (χ1n) is 3.31. The van der Waals surface area contributed by atoms with E-state index in [2.05, 4.69) is 19.2 Å². The van der Waals surface area contributed by atoms with E-state index in [1.165, 1.54) is 13.1 Å². The standard InChI is InChI=1S/C4H11N.C2H4O3/c1-3-5-4-2;3-1-2(4)5/h5H,3-4H2,1-2H3;3H,1H2,(H,4,5). The second-order valence-corrected chi connectivity index (χ2v) is 1.64. The monoisotopic (exact) mass is 149 g/mol. The van der Waals surface area contributed by atoms with Gasteiger partial charge in [0.15, 0.2) is 0 Å². The molecule has 4 heteroatoms. The lowest BCUT2D eigenvalue weighted by molar-refractivity contribution is -0.648. The Balaban J connectivity index is 0. The predicted octanol–water partition coefficient (Wildman–Crippen LogP) is -2.68. The minimum Gasteiger partial charge on any atom is -0.548 e. The van der Waals surface area contributed by atoms with Crippen molar-refractivity contribution in [3.63, 3.8) is 0 Å². The van der Waals surface area contributed by atoms with Gasteiger partial charge in [-0.25, -0.2) is 0 Å². The molecular weight excluding hydrogens is 134 g/mol. The van der Waals surface area contributed by atoms with Gasteiger partial charge in [-0.15, -0.1) is 0 Å². The highest BCUT2D eigenvalue weighted by molar-refractivity contribution is 5.65. The number of carbonyl (C=O) groups is 1. The van der Waals surface area contributed by atoms with Crippen LogP contribution in [-0.2, 0) is 4.79 Å². The second-order valence-electron chi connectivity index (χ2n) is 1.64. The molecule has 0 aromatic heterocycles. The van der Waals surface area contributed by atoms with Crippen molar-refractivity contribution in [2.45, 2.75) is 13.8 Å². The first-order valence-corrected chi connectivity index (χ1v) is 3.31. The molecule has 0 saturated carbocycles. The van der Waals surface area contributed by atoms with Crippen LogP contribution >= 0.6 is 0 Å². The van der Waals surface area contributed by atoms with E-state index in [-0.39, 0.29) is 0 Å². The number of rotatable bonds is 3. The number of nitrogens with two attached hydrogens (primary N) is 1. The average molecular weight is 149 g/mol. The highest BCUT2D eigenvalue weighted by Gasteiger charge is 1.67. The Labute approximate surface area is 60.9 Å². The summed E-state index contributed by atoms with van der Waals surface area (Å²) >= 11 is 0. The summed E-state index contributed by atoms with van der Waals surface area (Å²) in [5, 5.41) is 18.7. The van der Waals surface area contributed by atoms with E-state index in [4.69, 9.17) is 15.0 Å². The van der Waals surface area contributed by atoms with E-state index < -0.39 is 12.6 Å². The van der Waals surface area contributed by atoms with Crippen LogP contribution in [0.15, 0.2) is 0 Å². The molecule has 0 spiro atoms. The Morgan fingerprint density at radius 1 is 1.50 bits per heavy atom. The molecular formula is C6H15NO3. The van der Waals surface area contributed by atoms with Gasteiger partial charge in [0, 0.05) is 0 Å². The van der Waals surface area contributed by atoms with Crippen LogP contribution in [0.25, 0.3) is 0 Å². The van der Waals surface area contributed by atoms with Gasteiger partial charge >= 0.3 is 0 Å². The molecule has 0 bridgehead atoms. The summed E-state index contributed by atoms with van der Waals surface area (Å²) in [4.78, 5) is 9.01. The van der Waals surface area contributed by atoms with Crippen molar-refractivity contribution in [2.24, 2.45) is 0 Å². The Hall–Kier alpha value is -0.610. The fraction of sp³-hybridized carbons (Fsp3) is 0.833. The summed E-state index contributed by atoms with van der Waals surface area (Å²) in [6.07, 6.45) is 0. The number of aliphatic hydroxyl groups excluding tert-OH is 1. The molecule has 4 nitrogen and oxygen atoms in total. The molecule has 0 atom stereocenters. The maximum Gasteiger partial charge on any atom is 0.0826 e. The molecule has 0 saturated heterocycles. The SMILES string of the molecule is CC[NH2+]CC.O=C([O-])CO. The van der Waals surface area contributed by atoms with Crippen molar-refractivity contribution in [2.75, 3.05) is 19.7 Å². The molecule has 0 aliphatic heterocycles. The molecule has 0 amide bonds. The fourth-order valence-electron chi connectivity index (χ4n) is 0.289. The zero-order valence-electron chi connectivity index (χ0n) is 6.46. The van der Waals surface area contributed by atoms with Gasteiger partial charge in [-0.1, -0.05) is 0 Å². The molecule has 0 radical (unpaired) electrons. The smallest absolute Gasteiger partial charge is 0.0826 e. The van der Waals surface area contributed by atoms with E-state index in [0.29, 0.717) is 0 Å². The van der Waals surface area contributed by atoms with Gasteiger partial charge in [0.1, 0.15) is 0 Å². The summed E-state index contributed by atoms with van der Waals surface area (Å²) in [6.45, 7) is 5.86. The van der Waals surface area contributed by atoms with E-state index in [1.807, 2.05) is 0 Å². The summed E-state index contributed by atoms with van der Waals surface area (Å²) in [5.74, 6) is -1.44. The van der Waals surface area contributed by atoms with Crippen LogP contribution in [0.3, 0.4) is 0 Å². The molecule has 62 valence electrons. The van der Waals surface area contributed by atoms with Gasteiger partial charge in [-0.3, -0.25) is 0 Å². The first kappa shape index (κ1) is 12.1. The molecule has 0 rings (SSSR count). The molecule has 0 aliphatic carbocycles. The van der Waals surface area contributed by atoms with Crippen LogP contribution in [0, 0.1) is 0 Å². The van der Waals surface area contributed by atoms with E-state index in [9.17, 15) is 0 Å². The predicted molar refractivity (Wildman–Crippen MR) is 35.1 cm³/mol. The summed E-state index contributed by atoms with van der Waals surface area (Å²) in [6, 6.07) is 0. The van der Waals surface area contributed by atoms with Crippen LogP contribution in [0.5, 0.6) is 0 Å². The number of carboxylic acids is 1. The van der Waals surface area contributed by atoms with E-state index >= 15 is 0 Å². The maximum atomic E-state index is 9.01. The lowest BCUT2D eigenvalue weighted by Gasteiger charge is -1.86. The zero-order chi connectivity index (χ0) is 8.41. The minimum atomic E-state index is -1.44.